The summed E-state index contributed by atoms with van der Waals surface area (Å²) in [6.45, 7) is 0. The summed E-state index contributed by atoms with van der Waals surface area (Å²) < 4.78 is 3.61. The van der Waals surface area contributed by atoms with E-state index in [1.165, 1.54) is 13.7 Å². The van der Waals surface area contributed by atoms with E-state index in [1.807, 2.05) is 12.1 Å². The molecule has 0 aliphatic heterocycles. The fourth-order valence-electron chi connectivity index (χ4n) is 1.17. The van der Waals surface area contributed by atoms with E-state index in [1.54, 1.807) is 11.3 Å². The first-order chi connectivity index (χ1) is 6.22. The lowest BCUT2D eigenvalue weighted by Crippen LogP contribution is -1.82. The van der Waals surface area contributed by atoms with Gasteiger partial charge in [0.1, 0.15) is 6.29 Å². The van der Waals surface area contributed by atoms with Crippen molar-refractivity contribution in [3.05, 3.63) is 30.2 Å². The molecule has 0 unspecified atom stereocenters. The summed E-state index contributed by atoms with van der Waals surface area (Å²) >= 11 is 6.28. The van der Waals surface area contributed by atoms with Gasteiger partial charge in [-0.05, 0) is 57.3 Å². The van der Waals surface area contributed by atoms with E-state index in [0.29, 0.717) is 0 Å². The molecule has 1 heterocycles. The molecule has 2 rings (SSSR count). The number of rotatable bonds is 1. The molecular formula is C9H4I2OS. The fourth-order valence-corrected chi connectivity index (χ4v) is 4.84. The number of aldehydes is 1. The molecule has 1 aromatic heterocycles. The van der Waals surface area contributed by atoms with Gasteiger partial charge in [-0.15, -0.1) is 11.3 Å². The lowest BCUT2D eigenvalue weighted by Gasteiger charge is -1.96. The Morgan fingerprint density at radius 3 is 2.69 bits per heavy atom. The molecule has 1 nitrogen and oxygen atoms in total. The average molecular weight is 414 g/mol. The molecule has 0 radical (unpaired) electrons. The quantitative estimate of drug-likeness (QED) is 0.511. The van der Waals surface area contributed by atoms with E-state index in [2.05, 4.69) is 50.6 Å². The van der Waals surface area contributed by atoms with Crippen LogP contribution in [0.5, 0.6) is 0 Å². The van der Waals surface area contributed by atoms with Gasteiger partial charge in [0.2, 0.25) is 0 Å². The van der Waals surface area contributed by atoms with Gasteiger partial charge in [0.25, 0.3) is 0 Å². The molecule has 0 aliphatic rings. The predicted molar refractivity (Wildman–Crippen MR) is 72.6 cm³/mol. The number of carbonyl (C=O) groups is 1. The Balaban J connectivity index is 2.86. The van der Waals surface area contributed by atoms with E-state index < -0.39 is 0 Å². The summed E-state index contributed by atoms with van der Waals surface area (Å²) in [6.07, 6.45) is 0.897. The van der Waals surface area contributed by atoms with Crippen LogP contribution >= 0.6 is 56.5 Å². The molecule has 4 heteroatoms. The second-order valence-corrected chi connectivity index (χ2v) is 5.81. The van der Waals surface area contributed by atoms with Gasteiger partial charge in [0.05, 0.1) is 0 Å². The number of hydrogen-bond acceptors (Lipinski definition) is 2. The highest BCUT2D eigenvalue weighted by Crippen LogP contribution is 2.31. The Hall–Kier alpha value is 0.310. The van der Waals surface area contributed by atoms with Crippen molar-refractivity contribution in [2.75, 3.05) is 0 Å². The first-order valence-electron chi connectivity index (χ1n) is 3.54. The minimum Gasteiger partial charge on any atom is -0.298 e. The molecule has 0 N–H and O–H groups in total. The van der Waals surface area contributed by atoms with E-state index in [4.69, 9.17) is 0 Å². The maximum Gasteiger partial charge on any atom is 0.150 e. The van der Waals surface area contributed by atoms with Crippen molar-refractivity contribution < 1.29 is 4.79 Å². The highest BCUT2D eigenvalue weighted by Gasteiger charge is 2.06. The summed E-state index contributed by atoms with van der Waals surface area (Å²) in [4.78, 5) is 10.6. The SMILES string of the molecule is O=Cc1cc(I)c2c(I)csc2c1. The van der Waals surface area contributed by atoms with Crippen LogP contribution in [0.4, 0.5) is 0 Å². The van der Waals surface area contributed by atoms with Gasteiger partial charge in [-0.2, -0.15) is 0 Å². The van der Waals surface area contributed by atoms with Crippen molar-refractivity contribution in [2.45, 2.75) is 0 Å². The minimum atomic E-state index is 0.759. The van der Waals surface area contributed by atoms with Crippen molar-refractivity contribution in [1.82, 2.24) is 0 Å². The zero-order chi connectivity index (χ0) is 9.42. The molecule has 2 aromatic rings. The van der Waals surface area contributed by atoms with Crippen LogP contribution in [0.3, 0.4) is 0 Å². The maximum absolute atomic E-state index is 10.6. The Morgan fingerprint density at radius 1 is 1.23 bits per heavy atom. The molecule has 0 saturated carbocycles. The third kappa shape index (κ3) is 1.75. The molecular weight excluding hydrogens is 410 g/mol. The van der Waals surface area contributed by atoms with Crippen molar-refractivity contribution in [3.63, 3.8) is 0 Å². The van der Waals surface area contributed by atoms with Crippen LogP contribution in [-0.4, -0.2) is 6.29 Å². The summed E-state index contributed by atoms with van der Waals surface area (Å²) in [7, 11) is 0. The van der Waals surface area contributed by atoms with E-state index in [0.717, 1.165) is 15.4 Å². The Kier molecular flexibility index (Phi) is 2.89. The molecule has 0 saturated heterocycles. The topological polar surface area (TPSA) is 17.1 Å². The molecule has 0 aliphatic carbocycles. The van der Waals surface area contributed by atoms with Crippen LogP contribution in [0.1, 0.15) is 10.4 Å². The number of fused-ring (bicyclic) bond motifs is 1. The van der Waals surface area contributed by atoms with Gasteiger partial charge < -0.3 is 0 Å². The predicted octanol–water partition coefficient (Wildman–Crippen LogP) is 3.92. The van der Waals surface area contributed by atoms with Gasteiger partial charge in [0, 0.05) is 28.2 Å². The smallest absolute Gasteiger partial charge is 0.150 e. The fraction of sp³-hybridized carbons (Fsp3) is 0. The van der Waals surface area contributed by atoms with Gasteiger partial charge in [-0.1, -0.05) is 0 Å². The van der Waals surface area contributed by atoms with Crippen LogP contribution in [0.25, 0.3) is 10.1 Å². The number of thiophene rings is 1. The van der Waals surface area contributed by atoms with Gasteiger partial charge in [-0.3, -0.25) is 4.79 Å². The van der Waals surface area contributed by atoms with Crippen LogP contribution in [0.15, 0.2) is 17.5 Å². The van der Waals surface area contributed by atoms with Crippen LogP contribution in [0.2, 0.25) is 0 Å². The summed E-state index contributed by atoms with van der Waals surface area (Å²) in [5.41, 5.74) is 0.759. The van der Waals surface area contributed by atoms with Gasteiger partial charge in [-0.25, -0.2) is 0 Å². The summed E-state index contributed by atoms with van der Waals surface area (Å²) in [5, 5.41) is 3.39. The Labute approximate surface area is 107 Å². The zero-order valence-electron chi connectivity index (χ0n) is 6.38. The van der Waals surface area contributed by atoms with Crippen molar-refractivity contribution in [2.24, 2.45) is 0 Å². The first-order valence-corrected chi connectivity index (χ1v) is 6.57. The molecule has 0 fully saturated rings. The number of halogens is 2. The third-order valence-electron chi connectivity index (χ3n) is 1.74. The van der Waals surface area contributed by atoms with E-state index in [-0.39, 0.29) is 0 Å². The van der Waals surface area contributed by atoms with Crippen molar-refractivity contribution in [1.29, 1.82) is 0 Å². The minimum absolute atomic E-state index is 0.759. The number of carbonyl (C=O) groups excluding carboxylic acids is 1. The van der Waals surface area contributed by atoms with E-state index >= 15 is 0 Å². The largest absolute Gasteiger partial charge is 0.298 e. The first kappa shape index (κ1) is 9.85. The molecule has 0 atom stereocenters. The number of hydrogen-bond donors (Lipinski definition) is 0. The Morgan fingerprint density at radius 2 is 2.00 bits per heavy atom. The molecule has 0 bridgehead atoms. The Bertz CT molecular complexity index is 476. The second-order valence-electron chi connectivity index (χ2n) is 2.58. The van der Waals surface area contributed by atoms with Crippen molar-refractivity contribution >= 4 is 72.9 Å². The van der Waals surface area contributed by atoms with Gasteiger partial charge >= 0.3 is 0 Å². The van der Waals surface area contributed by atoms with Crippen LogP contribution < -0.4 is 0 Å². The van der Waals surface area contributed by atoms with E-state index in [9.17, 15) is 4.79 Å². The lowest BCUT2D eigenvalue weighted by molar-refractivity contribution is 0.112. The maximum atomic E-state index is 10.6. The second kappa shape index (κ2) is 3.82. The average Bonchev–Trinajstić information content (AvgIpc) is 2.48. The molecule has 0 amide bonds. The molecule has 66 valence electrons. The summed E-state index contributed by atoms with van der Waals surface area (Å²) in [6, 6.07) is 3.86. The number of benzene rings is 1. The van der Waals surface area contributed by atoms with Crippen LogP contribution in [-0.2, 0) is 0 Å². The van der Waals surface area contributed by atoms with Crippen molar-refractivity contribution in [3.8, 4) is 0 Å². The third-order valence-corrected chi connectivity index (χ3v) is 4.79. The highest BCUT2D eigenvalue weighted by atomic mass is 127. The molecule has 1 aromatic carbocycles. The lowest BCUT2D eigenvalue weighted by atomic mass is 10.2. The van der Waals surface area contributed by atoms with Crippen LogP contribution in [0, 0.1) is 7.14 Å². The summed E-state index contributed by atoms with van der Waals surface area (Å²) in [5.74, 6) is 0. The monoisotopic (exact) mass is 414 g/mol. The standard InChI is InChI=1S/C9H4I2OS/c10-6-1-5(3-12)2-8-9(6)7(11)4-13-8/h1-4H. The zero-order valence-corrected chi connectivity index (χ0v) is 11.5. The normalized spacial score (nSPS) is 10.6. The van der Waals surface area contributed by atoms with Gasteiger partial charge in [0.15, 0.2) is 0 Å². The molecule has 13 heavy (non-hydrogen) atoms. The highest BCUT2D eigenvalue weighted by molar-refractivity contribution is 14.1. The molecule has 0 spiro atoms.